The van der Waals surface area contributed by atoms with Crippen molar-refractivity contribution in [2.75, 3.05) is 20.0 Å². The van der Waals surface area contributed by atoms with Crippen molar-refractivity contribution >= 4 is 17.6 Å². The van der Waals surface area contributed by atoms with Gasteiger partial charge in [0.1, 0.15) is 6.07 Å². The molecule has 0 unspecified atom stereocenters. The molecule has 0 aliphatic heterocycles. The topological polar surface area (TPSA) is 107 Å². The molecule has 0 aliphatic carbocycles. The van der Waals surface area contributed by atoms with Gasteiger partial charge < -0.3 is 19.8 Å². The molecule has 1 heterocycles. The van der Waals surface area contributed by atoms with Gasteiger partial charge in [0.15, 0.2) is 5.69 Å². The molecule has 0 bridgehead atoms. The Bertz CT molecular complexity index is 1090. The summed E-state index contributed by atoms with van der Waals surface area (Å²) in [6.45, 7) is 0. The van der Waals surface area contributed by atoms with E-state index >= 15 is 0 Å². The lowest BCUT2D eigenvalue weighted by Crippen LogP contribution is -2.11. The molecule has 0 radical (unpaired) electrons. The number of rotatable bonds is 4. The van der Waals surface area contributed by atoms with Crippen molar-refractivity contribution in [2.24, 2.45) is 0 Å². The van der Waals surface area contributed by atoms with Gasteiger partial charge in [0, 0.05) is 11.8 Å². The fourth-order valence-electron chi connectivity index (χ4n) is 2.94. The lowest BCUT2D eigenvalue weighted by atomic mass is 10.0. The van der Waals surface area contributed by atoms with Crippen LogP contribution in [0.5, 0.6) is 0 Å². The van der Waals surface area contributed by atoms with Crippen LogP contribution in [0.3, 0.4) is 0 Å². The molecule has 0 saturated carbocycles. The summed E-state index contributed by atoms with van der Waals surface area (Å²) < 4.78 is 11.1. The molecular weight excluding hydrogens is 358 g/mol. The maximum absolute atomic E-state index is 12.3. The van der Waals surface area contributed by atoms with Gasteiger partial charge in [-0.2, -0.15) is 5.26 Å². The highest BCUT2D eigenvalue weighted by atomic mass is 16.5. The van der Waals surface area contributed by atoms with E-state index in [9.17, 15) is 14.9 Å². The summed E-state index contributed by atoms with van der Waals surface area (Å²) >= 11 is 0. The first-order valence-electron chi connectivity index (χ1n) is 8.29. The van der Waals surface area contributed by atoms with Crippen LogP contribution < -0.4 is 5.73 Å². The van der Waals surface area contributed by atoms with Crippen LogP contribution in [-0.4, -0.2) is 30.7 Å². The van der Waals surface area contributed by atoms with Gasteiger partial charge in [0.05, 0.1) is 36.7 Å². The first-order valence-corrected chi connectivity index (χ1v) is 8.29. The van der Waals surface area contributed by atoms with Crippen LogP contribution in [-0.2, 0) is 9.47 Å². The predicted molar refractivity (Wildman–Crippen MR) is 103 cm³/mol. The third-order valence-electron chi connectivity index (χ3n) is 4.32. The Labute approximate surface area is 161 Å². The molecular formula is C21H17N3O4. The Morgan fingerprint density at radius 3 is 2.25 bits per heavy atom. The van der Waals surface area contributed by atoms with Crippen LogP contribution in [0.25, 0.3) is 16.8 Å². The molecule has 0 atom stereocenters. The van der Waals surface area contributed by atoms with E-state index in [0.717, 1.165) is 11.1 Å². The van der Waals surface area contributed by atoms with E-state index in [4.69, 9.17) is 15.2 Å². The number of benzene rings is 2. The molecule has 3 aromatic rings. The molecule has 2 N–H and O–H groups in total. The number of para-hydroxylation sites is 1. The zero-order valence-corrected chi connectivity index (χ0v) is 15.3. The van der Waals surface area contributed by atoms with Crippen molar-refractivity contribution in [3.05, 3.63) is 71.5 Å². The summed E-state index contributed by atoms with van der Waals surface area (Å²) in [4.78, 5) is 23.9. The third-order valence-corrected chi connectivity index (χ3v) is 4.32. The van der Waals surface area contributed by atoms with Gasteiger partial charge in [-0.05, 0) is 23.8 Å². The second kappa shape index (κ2) is 7.68. The van der Waals surface area contributed by atoms with Crippen LogP contribution in [0.2, 0.25) is 0 Å². The number of carbonyl (C=O) groups is 2. The van der Waals surface area contributed by atoms with Crippen molar-refractivity contribution in [3.63, 3.8) is 0 Å². The number of hydrogen-bond donors (Lipinski definition) is 1. The van der Waals surface area contributed by atoms with Crippen molar-refractivity contribution in [1.29, 1.82) is 5.26 Å². The summed E-state index contributed by atoms with van der Waals surface area (Å²) in [5.74, 6) is -1.07. The molecule has 0 amide bonds. The minimum absolute atomic E-state index is 0.0604. The van der Waals surface area contributed by atoms with Gasteiger partial charge in [-0.15, -0.1) is 0 Å². The summed E-state index contributed by atoms with van der Waals surface area (Å²) in [6, 6.07) is 16.2. The number of aromatic nitrogens is 1. The average molecular weight is 375 g/mol. The fourth-order valence-corrected chi connectivity index (χ4v) is 2.94. The second-order valence-corrected chi connectivity index (χ2v) is 5.86. The zero-order valence-electron chi connectivity index (χ0n) is 15.3. The van der Waals surface area contributed by atoms with Gasteiger partial charge in [-0.1, -0.05) is 30.3 Å². The summed E-state index contributed by atoms with van der Waals surface area (Å²) in [7, 11) is 2.58. The van der Waals surface area contributed by atoms with Crippen LogP contribution in [0, 0.1) is 11.3 Å². The number of nitrogens with zero attached hydrogens (tertiary/aromatic N) is 2. The lowest BCUT2D eigenvalue weighted by Gasteiger charge is -2.14. The molecule has 7 nitrogen and oxygen atoms in total. The third kappa shape index (κ3) is 3.19. The number of esters is 2. The smallest absolute Gasteiger partial charge is 0.357 e. The van der Waals surface area contributed by atoms with Crippen LogP contribution in [0.1, 0.15) is 26.4 Å². The second-order valence-electron chi connectivity index (χ2n) is 5.86. The van der Waals surface area contributed by atoms with E-state index in [-0.39, 0.29) is 16.9 Å². The highest BCUT2D eigenvalue weighted by molar-refractivity contribution is 5.96. The van der Waals surface area contributed by atoms with Crippen LogP contribution in [0.15, 0.2) is 54.7 Å². The van der Waals surface area contributed by atoms with Gasteiger partial charge in [-0.25, -0.2) is 9.59 Å². The minimum Gasteiger partial charge on any atom is -0.465 e. The Morgan fingerprint density at radius 1 is 1.00 bits per heavy atom. The number of nitriles is 1. The quantitative estimate of drug-likeness (QED) is 0.702. The Balaban J connectivity index is 2.18. The maximum atomic E-state index is 12.3. The van der Waals surface area contributed by atoms with E-state index < -0.39 is 11.9 Å². The van der Waals surface area contributed by atoms with E-state index in [1.807, 2.05) is 24.3 Å². The number of ether oxygens (including phenoxy) is 2. The Morgan fingerprint density at radius 2 is 1.64 bits per heavy atom. The van der Waals surface area contributed by atoms with Crippen molar-refractivity contribution in [3.8, 4) is 22.9 Å². The fraction of sp³-hybridized carbons (Fsp3) is 0.0952. The zero-order chi connectivity index (χ0) is 20.3. The average Bonchev–Trinajstić information content (AvgIpc) is 3.08. The standard InChI is InChI=1S/C21H17N3O4/c1-27-20(25)14-9-7-13(8-10-14)16-5-3-4-6-17(16)24-12-15(11-22)18(23)19(24)21(26)28-2/h3-10,12H,23H2,1-2H3. The van der Waals surface area contributed by atoms with E-state index in [1.165, 1.54) is 20.4 Å². The highest BCUT2D eigenvalue weighted by Gasteiger charge is 2.23. The monoisotopic (exact) mass is 375 g/mol. The molecule has 140 valence electrons. The molecule has 0 spiro atoms. The predicted octanol–water partition coefficient (Wildman–Crippen LogP) is 3.17. The summed E-state index contributed by atoms with van der Waals surface area (Å²) in [5.41, 5.74) is 8.97. The SMILES string of the molecule is COC(=O)c1ccc(-c2ccccc2-n2cc(C#N)c(N)c2C(=O)OC)cc1. The number of hydrogen-bond acceptors (Lipinski definition) is 6. The molecule has 7 heteroatoms. The number of methoxy groups -OCH3 is 2. The largest absolute Gasteiger partial charge is 0.465 e. The van der Waals surface area contributed by atoms with E-state index in [2.05, 4.69) is 0 Å². The summed E-state index contributed by atoms with van der Waals surface area (Å²) in [5, 5.41) is 9.31. The molecule has 0 fully saturated rings. The number of carbonyl (C=O) groups excluding carboxylic acids is 2. The number of anilines is 1. The lowest BCUT2D eigenvalue weighted by molar-refractivity contribution is 0.0587. The van der Waals surface area contributed by atoms with Crippen molar-refractivity contribution in [2.45, 2.75) is 0 Å². The first kappa shape index (κ1) is 18.7. The van der Waals surface area contributed by atoms with Crippen molar-refractivity contribution < 1.29 is 19.1 Å². The maximum Gasteiger partial charge on any atom is 0.357 e. The van der Waals surface area contributed by atoms with E-state index in [0.29, 0.717) is 11.3 Å². The molecule has 2 aromatic carbocycles. The van der Waals surface area contributed by atoms with Gasteiger partial charge in [0.25, 0.3) is 0 Å². The van der Waals surface area contributed by atoms with Gasteiger partial charge >= 0.3 is 11.9 Å². The van der Waals surface area contributed by atoms with E-state index in [1.54, 1.807) is 34.9 Å². The normalized spacial score (nSPS) is 10.2. The van der Waals surface area contributed by atoms with Crippen molar-refractivity contribution in [1.82, 2.24) is 4.57 Å². The minimum atomic E-state index is -0.644. The molecule has 3 rings (SSSR count). The Kier molecular flexibility index (Phi) is 5.14. The Hall–Kier alpha value is -4.05. The summed E-state index contributed by atoms with van der Waals surface area (Å²) in [6.07, 6.45) is 1.50. The molecule has 0 saturated heterocycles. The van der Waals surface area contributed by atoms with Gasteiger partial charge in [-0.3, -0.25) is 0 Å². The first-order chi connectivity index (χ1) is 13.5. The number of nitrogen functional groups attached to an aromatic ring is 1. The van der Waals surface area contributed by atoms with Gasteiger partial charge in [0.2, 0.25) is 0 Å². The highest BCUT2D eigenvalue weighted by Crippen LogP contribution is 2.31. The molecule has 0 aliphatic rings. The van der Waals surface area contributed by atoms with Crippen LogP contribution >= 0.6 is 0 Å². The number of nitrogens with two attached hydrogens (primary N) is 1. The molecule has 1 aromatic heterocycles. The molecule has 28 heavy (non-hydrogen) atoms. The van der Waals surface area contributed by atoms with Crippen LogP contribution in [0.4, 0.5) is 5.69 Å².